The summed E-state index contributed by atoms with van der Waals surface area (Å²) in [5.41, 5.74) is -2.89. The lowest BCUT2D eigenvalue weighted by Crippen LogP contribution is -2.55. The van der Waals surface area contributed by atoms with Crippen LogP contribution in [0.2, 0.25) is 0 Å². The van der Waals surface area contributed by atoms with Crippen molar-refractivity contribution in [2.45, 2.75) is 205 Å². The minimum absolute atomic E-state index is 0.0374. The Morgan fingerprint density at radius 1 is 0.544 bits per heavy atom. The predicted molar refractivity (Wildman–Crippen MR) is 221 cm³/mol. The molecule has 0 aliphatic rings. The lowest BCUT2D eigenvalue weighted by molar-refractivity contribution is -0.201. The number of esters is 2. The molecule has 0 aromatic carbocycles. The van der Waals surface area contributed by atoms with Gasteiger partial charge in [-0.1, -0.05) is 127 Å². The lowest BCUT2D eigenvalue weighted by Gasteiger charge is -2.34. The summed E-state index contributed by atoms with van der Waals surface area (Å²) >= 11 is 0. The van der Waals surface area contributed by atoms with E-state index < -0.39 is 59.9 Å². The summed E-state index contributed by atoms with van der Waals surface area (Å²) in [6, 6.07) is 0. The van der Waals surface area contributed by atoms with Crippen molar-refractivity contribution in [3.8, 4) is 0 Å². The fraction of sp³-hybridized carbons (Fsp3) is 0.733. The van der Waals surface area contributed by atoms with E-state index in [1.54, 1.807) is 0 Å². The van der Waals surface area contributed by atoms with Gasteiger partial charge in [-0.15, -0.1) is 0 Å². The first-order valence-corrected chi connectivity index (χ1v) is 21.6. The summed E-state index contributed by atoms with van der Waals surface area (Å²) in [6.45, 7) is 3.38. The van der Waals surface area contributed by atoms with Crippen LogP contribution in [0.3, 0.4) is 0 Å². The number of carbonyl (C=O) groups excluding carboxylic acids is 2. The highest BCUT2D eigenvalue weighted by atomic mass is 16.6. The average Bonchev–Trinajstić information content (AvgIpc) is 3.15. The van der Waals surface area contributed by atoms with Gasteiger partial charge in [0.1, 0.15) is 5.92 Å². The summed E-state index contributed by atoms with van der Waals surface area (Å²) in [5.74, 6) is -9.72. The summed E-state index contributed by atoms with van der Waals surface area (Å²) in [6.07, 6.45) is 32.9. The van der Waals surface area contributed by atoms with E-state index in [1.807, 2.05) is 0 Å². The molecule has 0 aromatic heterocycles. The minimum Gasteiger partial charge on any atom is -0.481 e. The monoisotopic (exact) mass is 807 g/mol. The molecule has 0 radical (unpaired) electrons. The molecule has 0 saturated carbocycles. The third-order valence-corrected chi connectivity index (χ3v) is 9.93. The standard InChI is InChI=1S/C45H74O12/c1-3-4-5-6-7-8-9-10-12-17-20-23-26-29-32-35-41(50)56-37(2)43(53)57-45(44(54)55,36-40(48)49)38(42(51)52)33-30-27-24-21-18-15-13-11-14-16-19-22-25-28-31-34-39(46)47/h7-8,10-12,14,37-38H,3-6,9,13,15-36H2,1-2H3,(H,46,47)(H,48,49)(H,51,52)(H,54,55). The molecule has 0 rings (SSSR count). The molecule has 3 atom stereocenters. The van der Waals surface area contributed by atoms with Gasteiger partial charge in [-0.3, -0.25) is 19.2 Å². The van der Waals surface area contributed by atoms with E-state index >= 15 is 0 Å². The van der Waals surface area contributed by atoms with Crippen LogP contribution in [0, 0.1) is 5.92 Å². The summed E-state index contributed by atoms with van der Waals surface area (Å²) in [5, 5.41) is 38.3. The number of carbonyl (C=O) groups is 6. The number of aliphatic carboxylic acids is 4. The highest BCUT2D eigenvalue weighted by molar-refractivity contribution is 5.92. The Labute approximate surface area is 341 Å². The third-order valence-electron chi connectivity index (χ3n) is 9.93. The zero-order valence-corrected chi connectivity index (χ0v) is 35.0. The average molecular weight is 807 g/mol. The fourth-order valence-corrected chi connectivity index (χ4v) is 6.55. The Kier molecular flexibility index (Phi) is 32.8. The molecule has 12 nitrogen and oxygen atoms in total. The molecule has 0 bridgehead atoms. The molecule has 0 fully saturated rings. The zero-order valence-electron chi connectivity index (χ0n) is 35.0. The number of allylic oxidation sites excluding steroid dienone is 6. The van der Waals surface area contributed by atoms with Crippen molar-refractivity contribution < 1.29 is 58.7 Å². The molecule has 0 amide bonds. The molecule has 57 heavy (non-hydrogen) atoms. The van der Waals surface area contributed by atoms with Crippen LogP contribution >= 0.6 is 0 Å². The van der Waals surface area contributed by atoms with Gasteiger partial charge in [0.05, 0.1) is 6.42 Å². The molecular weight excluding hydrogens is 732 g/mol. The van der Waals surface area contributed by atoms with E-state index in [1.165, 1.54) is 26.2 Å². The highest BCUT2D eigenvalue weighted by Crippen LogP contribution is 2.33. The molecule has 0 aliphatic carbocycles. The van der Waals surface area contributed by atoms with Gasteiger partial charge in [0.15, 0.2) is 6.10 Å². The summed E-state index contributed by atoms with van der Waals surface area (Å²) in [4.78, 5) is 72.6. The van der Waals surface area contributed by atoms with E-state index in [4.69, 9.17) is 14.6 Å². The van der Waals surface area contributed by atoms with Crippen molar-refractivity contribution in [2.75, 3.05) is 0 Å². The zero-order chi connectivity index (χ0) is 42.6. The van der Waals surface area contributed by atoms with Crippen molar-refractivity contribution in [3.05, 3.63) is 36.5 Å². The van der Waals surface area contributed by atoms with Crippen molar-refractivity contribution in [3.63, 3.8) is 0 Å². The maximum atomic E-state index is 13.0. The van der Waals surface area contributed by atoms with Gasteiger partial charge in [0.2, 0.25) is 5.60 Å². The smallest absolute Gasteiger partial charge is 0.349 e. The first kappa shape index (κ1) is 53.0. The Morgan fingerprint density at radius 2 is 0.982 bits per heavy atom. The third kappa shape index (κ3) is 29.0. The van der Waals surface area contributed by atoms with E-state index in [0.717, 1.165) is 116 Å². The van der Waals surface area contributed by atoms with Gasteiger partial charge in [-0.05, 0) is 84.0 Å². The molecular formula is C45H74O12. The van der Waals surface area contributed by atoms with Crippen molar-refractivity contribution >= 4 is 35.8 Å². The highest BCUT2D eigenvalue weighted by Gasteiger charge is 2.55. The van der Waals surface area contributed by atoms with Gasteiger partial charge in [0.25, 0.3) is 0 Å². The Hall–Kier alpha value is -3.96. The normalized spacial score (nSPS) is 13.8. The van der Waals surface area contributed by atoms with Gasteiger partial charge in [-0.25, -0.2) is 9.59 Å². The van der Waals surface area contributed by atoms with Gasteiger partial charge in [-0.2, -0.15) is 0 Å². The van der Waals surface area contributed by atoms with Crippen LogP contribution in [0.25, 0.3) is 0 Å². The maximum Gasteiger partial charge on any atom is 0.349 e. The Balaban J connectivity index is 4.62. The molecule has 0 saturated heterocycles. The topological polar surface area (TPSA) is 202 Å². The van der Waals surface area contributed by atoms with E-state index in [2.05, 4.69) is 43.4 Å². The number of carboxylic acids is 4. The molecule has 0 spiro atoms. The number of hydrogen-bond donors (Lipinski definition) is 4. The second-order valence-corrected chi connectivity index (χ2v) is 15.1. The minimum atomic E-state index is -2.89. The second-order valence-electron chi connectivity index (χ2n) is 15.1. The largest absolute Gasteiger partial charge is 0.481 e. The van der Waals surface area contributed by atoms with Crippen LogP contribution in [0.5, 0.6) is 0 Å². The van der Waals surface area contributed by atoms with E-state index in [0.29, 0.717) is 12.8 Å². The van der Waals surface area contributed by atoms with Crippen molar-refractivity contribution in [1.82, 2.24) is 0 Å². The molecule has 12 heteroatoms. The fourth-order valence-electron chi connectivity index (χ4n) is 6.55. The number of ether oxygens (including phenoxy) is 2. The Morgan fingerprint density at radius 3 is 1.44 bits per heavy atom. The first-order chi connectivity index (χ1) is 27.4. The number of carboxylic acid groups (broad SMARTS) is 4. The summed E-state index contributed by atoms with van der Waals surface area (Å²) in [7, 11) is 0. The Bertz CT molecular complexity index is 1220. The van der Waals surface area contributed by atoms with Crippen LogP contribution in [-0.2, 0) is 38.2 Å². The quantitative estimate of drug-likeness (QED) is 0.0260. The van der Waals surface area contributed by atoms with E-state index in [-0.39, 0.29) is 25.7 Å². The van der Waals surface area contributed by atoms with Crippen LogP contribution < -0.4 is 0 Å². The van der Waals surface area contributed by atoms with Crippen molar-refractivity contribution in [1.29, 1.82) is 0 Å². The summed E-state index contributed by atoms with van der Waals surface area (Å²) < 4.78 is 10.4. The molecule has 3 unspecified atom stereocenters. The van der Waals surface area contributed by atoms with Gasteiger partial charge < -0.3 is 29.9 Å². The molecule has 4 N–H and O–H groups in total. The lowest BCUT2D eigenvalue weighted by atomic mass is 9.80. The van der Waals surface area contributed by atoms with Gasteiger partial charge in [0, 0.05) is 12.8 Å². The number of unbranched alkanes of at least 4 members (excludes halogenated alkanes) is 19. The van der Waals surface area contributed by atoms with Gasteiger partial charge >= 0.3 is 35.8 Å². The van der Waals surface area contributed by atoms with Crippen molar-refractivity contribution in [2.24, 2.45) is 5.92 Å². The number of hydrogen-bond acceptors (Lipinski definition) is 8. The predicted octanol–water partition coefficient (Wildman–Crippen LogP) is 10.8. The van der Waals surface area contributed by atoms with E-state index in [9.17, 15) is 44.1 Å². The number of rotatable bonds is 39. The molecule has 0 aromatic rings. The molecule has 326 valence electrons. The maximum absolute atomic E-state index is 13.0. The first-order valence-electron chi connectivity index (χ1n) is 21.6. The SMILES string of the molecule is CCCCCC=CCC=CCCCCCCCC(=O)OC(C)C(=O)OC(CC(=O)O)(C(=O)O)C(CCCCCCCCC=CCCCCCCCC(=O)O)C(=O)O. The van der Waals surface area contributed by atoms with Crippen LogP contribution in [0.15, 0.2) is 36.5 Å². The van der Waals surface area contributed by atoms with Crippen LogP contribution in [0.1, 0.15) is 194 Å². The van der Waals surface area contributed by atoms with Crippen LogP contribution in [0.4, 0.5) is 0 Å². The molecule has 0 heterocycles. The molecule has 0 aliphatic heterocycles. The van der Waals surface area contributed by atoms with Crippen LogP contribution in [-0.4, -0.2) is 67.9 Å². The second kappa shape index (κ2) is 35.2.